The molecule has 3 N–H and O–H groups in total. The van der Waals surface area contributed by atoms with Crippen LogP contribution in [0.15, 0.2) is 66.4 Å². The monoisotopic (exact) mass is 713 g/mol. The number of halogens is 1. The van der Waals surface area contributed by atoms with Gasteiger partial charge in [-0.1, -0.05) is 43.2 Å². The van der Waals surface area contributed by atoms with Crippen molar-refractivity contribution in [1.82, 2.24) is 14.9 Å². The Morgan fingerprint density at radius 3 is 2.75 bits per heavy atom. The van der Waals surface area contributed by atoms with Crippen LogP contribution in [-0.2, 0) is 4.74 Å². The average Bonchev–Trinajstić information content (AvgIpc) is 3.48. The normalized spacial score (nSPS) is 19.6. The van der Waals surface area contributed by atoms with Crippen molar-refractivity contribution in [3.8, 4) is 5.88 Å². The van der Waals surface area contributed by atoms with Crippen molar-refractivity contribution in [2.45, 2.75) is 52.0 Å². The van der Waals surface area contributed by atoms with E-state index >= 15 is 0 Å². The molecule has 2 aliphatic heterocycles. The van der Waals surface area contributed by atoms with Crippen LogP contribution in [-0.4, -0.2) is 96.2 Å². The van der Waals surface area contributed by atoms with E-state index < -0.39 is 5.97 Å². The van der Waals surface area contributed by atoms with Gasteiger partial charge in [-0.05, 0) is 91.1 Å². The van der Waals surface area contributed by atoms with E-state index in [1.54, 1.807) is 6.07 Å². The van der Waals surface area contributed by atoms with Crippen LogP contribution in [0.5, 0.6) is 5.88 Å². The van der Waals surface area contributed by atoms with Gasteiger partial charge >= 0.3 is 5.97 Å². The molecule has 11 heteroatoms. The molecule has 2 aromatic carbocycles. The predicted molar refractivity (Wildman–Crippen MR) is 203 cm³/mol. The second-order valence-corrected chi connectivity index (χ2v) is 15.2. The van der Waals surface area contributed by atoms with Gasteiger partial charge in [-0.3, -0.25) is 4.90 Å². The van der Waals surface area contributed by atoms with E-state index in [2.05, 4.69) is 45.7 Å². The van der Waals surface area contributed by atoms with E-state index in [9.17, 15) is 15.0 Å². The van der Waals surface area contributed by atoms with Crippen LogP contribution in [0.4, 0.5) is 17.1 Å². The summed E-state index contributed by atoms with van der Waals surface area (Å²) in [7, 11) is 0. The second-order valence-electron chi connectivity index (χ2n) is 14.7. The highest BCUT2D eigenvalue weighted by molar-refractivity contribution is 6.30. The molecule has 0 radical (unpaired) electrons. The first-order valence-corrected chi connectivity index (χ1v) is 18.5. The molecular formula is C40H48ClN5O5. The van der Waals surface area contributed by atoms with Gasteiger partial charge in [0.15, 0.2) is 0 Å². The summed E-state index contributed by atoms with van der Waals surface area (Å²) in [5.41, 5.74) is 7.72. The summed E-state index contributed by atoms with van der Waals surface area (Å²) in [5, 5.41) is 21.4. The van der Waals surface area contributed by atoms with Crippen LogP contribution in [0.3, 0.4) is 0 Å². The number of aromatic amines is 1. The Morgan fingerprint density at radius 1 is 1.10 bits per heavy atom. The third kappa shape index (κ3) is 7.89. The van der Waals surface area contributed by atoms with Gasteiger partial charge in [0.25, 0.3) is 0 Å². The maximum atomic E-state index is 12.6. The third-order valence-corrected chi connectivity index (χ3v) is 10.8. The van der Waals surface area contributed by atoms with Gasteiger partial charge in [0.05, 0.1) is 30.5 Å². The lowest BCUT2D eigenvalue weighted by molar-refractivity contribution is 0.0502. The fraction of sp³-hybridized carbons (Fsp3) is 0.450. The summed E-state index contributed by atoms with van der Waals surface area (Å²) in [6, 6.07) is 18.0. The maximum Gasteiger partial charge on any atom is 0.337 e. The van der Waals surface area contributed by atoms with Crippen molar-refractivity contribution >= 4 is 51.2 Å². The van der Waals surface area contributed by atoms with E-state index in [1.165, 1.54) is 16.7 Å². The molecule has 1 saturated heterocycles. The lowest BCUT2D eigenvalue weighted by Gasteiger charge is -2.44. The number of allylic oxidation sites excluding steroid dienone is 1. The molecule has 0 bridgehead atoms. The number of aromatic nitrogens is 2. The van der Waals surface area contributed by atoms with Gasteiger partial charge in [0.2, 0.25) is 5.88 Å². The molecular weight excluding hydrogens is 666 g/mol. The Kier molecular flexibility index (Phi) is 10.6. The zero-order valence-electron chi connectivity index (χ0n) is 29.5. The molecule has 3 aliphatic rings. The lowest BCUT2D eigenvalue weighted by atomic mass is 9.72. The number of carboxylic acids is 1. The number of fused-ring (bicyclic) bond motifs is 2. The summed E-state index contributed by atoms with van der Waals surface area (Å²) in [6.45, 7) is 10.2. The summed E-state index contributed by atoms with van der Waals surface area (Å²) in [5.74, 6) is -0.476. The first kappa shape index (κ1) is 35.3. The van der Waals surface area contributed by atoms with Gasteiger partial charge in [0.1, 0.15) is 11.3 Å². The molecule has 0 amide bonds. The molecule has 51 heavy (non-hydrogen) atoms. The summed E-state index contributed by atoms with van der Waals surface area (Å²) >= 11 is 6.28. The highest BCUT2D eigenvalue weighted by atomic mass is 35.5. The molecule has 4 aromatic rings. The number of nitrogens with zero attached hydrogens (tertiary/aromatic N) is 4. The number of carbonyl (C=O) groups is 1. The predicted octanol–water partition coefficient (Wildman–Crippen LogP) is 7.39. The fourth-order valence-corrected chi connectivity index (χ4v) is 7.85. The summed E-state index contributed by atoms with van der Waals surface area (Å²) in [6.07, 6.45) is 6.39. The van der Waals surface area contributed by atoms with Gasteiger partial charge in [-0.2, -0.15) is 4.98 Å². The van der Waals surface area contributed by atoms with Gasteiger partial charge in [-0.25, -0.2) is 4.79 Å². The molecule has 270 valence electrons. The van der Waals surface area contributed by atoms with Crippen LogP contribution in [0.2, 0.25) is 5.02 Å². The Morgan fingerprint density at radius 2 is 1.94 bits per heavy atom. The molecule has 4 heterocycles. The third-order valence-electron chi connectivity index (χ3n) is 10.5. The van der Waals surface area contributed by atoms with E-state index in [4.69, 9.17) is 26.1 Å². The number of pyridine rings is 1. The molecule has 1 aliphatic carbocycles. The Balaban J connectivity index is 1.18. The molecule has 1 atom stereocenters. The Bertz CT molecular complexity index is 1890. The first-order valence-electron chi connectivity index (χ1n) is 18.1. The molecule has 10 nitrogen and oxygen atoms in total. The number of carboxylic acid groups (broad SMARTS) is 1. The zero-order valence-corrected chi connectivity index (χ0v) is 30.3. The molecule has 7 rings (SSSR count). The molecule has 1 fully saturated rings. The smallest absolute Gasteiger partial charge is 0.337 e. The summed E-state index contributed by atoms with van der Waals surface area (Å²) in [4.78, 5) is 27.5. The number of benzene rings is 2. The molecule has 0 unspecified atom stereocenters. The number of hydrogen-bond donors (Lipinski definition) is 3. The van der Waals surface area contributed by atoms with Crippen molar-refractivity contribution in [2.24, 2.45) is 5.41 Å². The van der Waals surface area contributed by atoms with E-state index in [0.29, 0.717) is 44.4 Å². The van der Waals surface area contributed by atoms with Crippen molar-refractivity contribution in [2.75, 3.05) is 69.0 Å². The van der Waals surface area contributed by atoms with Crippen LogP contribution < -0.4 is 14.5 Å². The fourth-order valence-electron chi connectivity index (χ4n) is 7.73. The minimum absolute atomic E-state index is 0.0993. The average molecular weight is 714 g/mol. The number of aliphatic hydroxyl groups is 1. The van der Waals surface area contributed by atoms with Crippen LogP contribution >= 0.6 is 11.6 Å². The van der Waals surface area contributed by atoms with E-state index in [1.807, 2.05) is 42.6 Å². The number of nitrogens with one attached hydrogen (secondary N) is 1. The number of H-pyrrole nitrogens is 1. The van der Waals surface area contributed by atoms with Crippen molar-refractivity contribution in [3.05, 3.63) is 82.5 Å². The zero-order chi connectivity index (χ0) is 35.5. The van der Waals surface area contributed by atoms with Crippen LogP contribution in [0, 0.1) is 5.41 Å². The highest BCUT2D eigenvalue weighted by Crippen LogP contribution is 2.44. The Labute approximate surface area is 304 Å². The van der Waals surface area contributed by atoms with Crippen molar-refractivity contribution in [3.63, 3.8) is 0 Å². The topological polar surface area (TPSA) is 114 Å². The minimum Gasteiger partial charge on any atom is -0.478 e. The minimum atomic E-state index is -0.973. The van der Waals surface area contributed by atoms with Crippen LogP contribution in [0.1, 0.15) is 61.9 Å². The number of piperazine rings is 1. The number of anilines is 3. The largest absolute Gasteiger partial charge is 0.478 e. The highest BCUT2D eigenvalue weighted by Gasteiger charge is 2.33. The SMILES string of the molecule is CC1(C)CCC(CN2CCN(c3ccc(C(=O)O)c(N4CCCOc5nc6[nH]ccc6cc54)c3)C[C@H]2COCCCO)=C(c2ccc(Cl)cc2)C1. The van der Waals surface area contributed by atoms with E-state index in [0.717, 1.165) is 79.3 Å². The molecule has 0 spiro atoms. The quantitative estimate of drug-likeness (QED) is 0.137. The first-order chi connectivity index (χ1) is 24.7. The van der Waals surface area contributed by atoms with Gasteiger partial charge in [-0.15, -0.1) is 0 Å². The van der Waals surface area contributed by atoms with Gasteiger partial charge in [0, 0.05) is 68.2 Å². The van der Waals surface area contributed by atoms with E-state index in [-0.39, 0.29) is 23.6 Å². The number of ether oxygens (including phenoxy) is 2. The van der Waals surface area contributed by atoms with Crippen molar-refractivity contribution in [1.29, 1.82) is 0 Å². The van der Waals surface area contributed by atoms with Gasteiger partial charge < -0.3 is 34.5 Å². The Hall–Kier alpha value is -4.09. The van der Waals surface area contributed by atoms with Crippen molar-refractivity contribution < 1.29 is 24.5 Å². The summed E-state index contributed by atoms with van der Waals surface area (Å²) < 4.78 is 12.2. The standard InChI is InChI=1S/C40H48ClN5O5/c1-40(2)13-11-29(34(23-40)27-5-7-30(41)8-6-27)24-44-16-17-45(25-32(44)26-50-19-4-18-47)31-9-10-33(39(48)49)35(22-31)46-15-3-20-51-38-36(46)21-28-12-14-42-37(28)43-38/h5-10,12,14,21-22,32,47H,3-4,11,13,15-20,23-26H2,1-2H3,(H,42,43)(H,48,49)/t32-/m0/s1. The number of rotatable bonds is 11. The number of aromatic carboxylic acids is 1. The number of hydrogen-bond acceptors (Lipinski definition) is 8. The molecule has 0 saturated carbocycles. The second kappa shape index (κ2) is 15.3. The molecule has 2 aromatic heterocycles. The lowest BCUT2D eigenvalue weighted by Crippen LogP contribution is -2.55. The number of aliphatic hydroxyl groups excluding tert-OH is 1. The maximum absolute atomic E-state index is 12.6. The van der Waals surface area contributed by atoms with Crippen LogP contribution in [0.25, 0.3) is 16.6 Å².